The van der Waals surface area contributed by atoms with Crippen molar-refractivity contribution in [3.63, 3.8) is 0 Å². The van der Waals surface area contributed by atoms with Gasteiger partial charge >= 0.3 is 0 Å². The Morgan fingerprint density at radius 1 is 1.18 bits per heavy atom. The van der Waals surface area contributed by atoms with E-state index in [4.69, 9.17) is 5.26 Å². The van der Waals surface area contributed by atoms with E-state index in [2.05, 4.69) is 40.8 Å². The smallest absolute Gasteiger partial charge is 0.0992 e. The van der Waals surface area contributed by atoms with Gasteiger partial charge in [0.2, 0.25) is 0 Å². The molecule has 5 nitrogen and oxygen atoms in total. The molecule has 0 fully saturated rings. The number of aromatic nitrogens is 3. The number of nitriles is 1. The number of hydrogen-bond acceptors (Lipinski definition) is 4. The van der Waals surface area contributed by atoms with Gasteiger partial charge < -0.3 is 5.32 Å². The van der Waals surface area contributed by atoms with Crippen LogP contribution in [0, 0.1) is 11.3 Å². The van der Waals surface area contributed by atoms with Crippen LogP contribution < -0.4 is 5.32 Å². The predicted octanol–water partition coefficient (Wildman–Crippen LogP) is 3.31. The molecule has 2 aromatic carbocycles. The van der Waals surface area contributed by atoms with Crippen LogP contribution in [0.4, 0.5) is 5.69 Å². The van der Waals surface area contributed by atoms with Gasteiger partial charge in [0.05, 0.1) is 29.7 Å². The first-order valence-electron chi connectivity index (χ1n) is 6.99. The number of nitrogens with one attached hydrogen (secondary N) is 1. The van der Waals surface area contributed by atoms with Crippen LogP contribution in [-0.2, 0) is 0 Å². The van der Waals surface area contributed by atoms with Gasteiger partial charge in [-0.15, -0.1) is 5.10 Å². The van der Waals surface area contributed by atoms with Gasteiger partial charge in [-0.3, -0.25) is 0 Å². The van der Waals surface area contributed by atoms with E-state index in [0.717, 1.165) is 16.9 Å². The molecule has 0 aliphatic carbocycles. The third-order valence-corrected chi connectivity index (χ3v) is 3.43. The average Bonchev–Trinajstić information content (AvgIpc) is 3.09. The topological polar surface area (TPSA) is 66.5 Å². The van der Waals surface area contributed by atoms with Crippen molar-refractivity contribution >= 4 is 5.69 Å². The van der Waals surface area contributed by atoms with Crippen LogP contribution in [0.25, 0.3) is 5.69 Å². The van der Waals surface area contributed by atoms with E-state index in [1.807, 2.05) is 36.5 Å². The van der Waals surface area contributed by atoms with E-state index in [1.54, 1.807) is 16.9 Å². The Morgan fingerprint density at radius 3 is 2.82 bits per heavy atom. The van der Waals surface area contributed by atoms with Crippen LogP contribution >= 0.6 is 0 Å². The maximum Gasteiger partial charge on any atom is 0.0992 e. The lowest BCUT2D eigenvalue weighted by atomic mass is 10.1. The lowest BCUT2D eigenvalue weighted by Crippen LogP contribution is -2.07. The molecule has 0 radical (unpaired) electrons. The van der Waals surface area contributed by atoms with Crippen molar-refractivity contribution in [2.24, 2.45) is 0 Å². The van der Waals surface area contributed by atoms with E-state index < -0.39 is 0 Å². The highest BCUT2D eigenvalue weighted by Crippen LogP contribution is 2.21. The van der Waals surface area contributed by atoms with Crippen molar-refractivity contribution in [1.29, 1.82) is 5.26 Å². The minimum Gasteiger partial charge on any atom is -0.378 e. The van der Waals surface area contributed by atoms with E-state index >= 15 is 0 Å². The Kier molecular flexibility index (Phi) is 3.84. The first kappa shape index (κ1) is 13.8. The quantitative estimate of drug-likeness (QED) is 0.800. The summed E-state index contributed by atoms with van der Waals surface area (Å²) in [6, 6.07) is 17.8. The molecule has 3 aromatic rings. The molecule has 0 amide bonds. The van der Waals surface area contributed by atoms with Crippen LogP contribution in [-0.4, -0.2) is 15.0 Å². The fraction of sp³-hybridized carbons (Fsp3) is 0.118. The second-order valence-corrected chi connectivity index (χ2v) is 5.00. The molecule has 22 heavy (non-hydrogen) atoms. The van der Waals surface area contributed by atoms with Crippen molar-refractivity contribution in [1.82, 2.24) is 15.0 Å². The first-order valence-corrected chi connectivity index (χ1v) is 6.99. The predicted molar refractivity (Wildman–Crippen MR) is 84.6 cm³/mol. The summed E-state index contributed by atoms with van der Waals surface area (Å²) in [6.07, 6.45) is 3.47. The zero-order valence-corrected chi connectivity index (χ0v) is 12.1. The third-order valence-electron chi connectivity index (χ3n) is 3.43. The molecule has 0 aliphatic heterocycles. The van der Waals surface area contributed by atoms with E-state index in [9.17, 15) is 0 Å². The number of benzene rings is 2. The second-order valence-electron chi connectivity index (χ2n) is 5.00. The minimum absolute atomic E-state index is 0.109. The summed E-state index contributed by atoms with van der Waals surface area (Å²) >= 11 is 0. The zero-order chi connectivity index (χ0) is 15.4. The van der Waals surface area contributed by atoms with Crippen LogP contribution in [0.15, 0.2) is 60.9 Å². The maximum atomic E-state index is 8.96. The Labute approximate surface area is 128 Å². The molecule has 108 valence electrons. The summed E-state index contributed by atoms with van der Waals surface area (Å²) in [4.78, 5) is 0. The Morgan fingerprint density at radius 2 is 2.05 bits per heavy atom. The lowest BCUT2D eigenvalue weighted by molar-refractivity contribution is 0.797. The number of anilines is 1. The molecule has 0 aliphatic rings. The fourth-order valence-corrected chi connectivity index (χ4v) is 2.29. The number of hydrogen-bond donors (Lipinski definition) is 1. The maximum absolute atomic E-state index is 8.96. The monoisotopic (exact) mass is 289 g/mol. The molecule has 0 spiro atoms. The summed E-state index contributed by atoms with van der Waals surface area (Å²) < 4.78 is 1.73. The molecular weight excluding hydrogens is 274 g/mol. The van der Waals surface area contributed by atoms with Crippen molar-refractivity contribution in [2.45, 2.75) is 13.0 Å². The molecule has 5 heteroatoms. The number of nitrogens with zero attached hydrogens (tertiary/aromatic N) is 4. The van der Waals surface area contributed by atoms with Gasteiger partial charge in [-0.05, 0) is 42.8 Å². The van der Waals surface area contributed by atoms with Crippen molar-refractivity contribution < 1.29 is 0 Å². The van der Waals surface area contributed by atoms with Gasteiger partial charge in [0.1, 0.15) is 0 Å². The van der Waals surface area contributed by atoms with Crippen LogP contribution in [0.5, 0.6) is 0 Å². The van der Waals surface area contributed by atoms with Crippen LogP contribution in [0.3, 0.4) is 0 Å². The summed E-state index contributed by atoms with van der Waals surface area (Å²) in [6.45, 7) is 2.08. The summed E-state index contributed by atoms with van der Waals surface area (Å²) in [5, 5.41) is 20.2. The summed E-state index contributed by atoms with van der Waals surface area (Å²) in [7, 11) is 0. The van der Waals surface area contributed by atoms with E-state index in [1.165, 1.54) is 0 Å². The lowest BCUT2D eigenvalue weighted by Gasteiger charge is -2.16. The van der Waals surface area contributed by atoms with Gasteiger partial charge in [0.25, 0.3) is 0 Å². The van der Waals surface area contributed by atoms with E-state index in [0.29, 0.717) is 5.56 Å². The van der Waals surface area contributed by atoms with Crippen molar-refractivity contribution in [3.05, 3.63) is 72.1 Å². The number of rotatable bonds is 4. The van der Waals surface area contributed by atoms with Crippen LogP contribution in [0.1, 0.15) is 24.1 Å². The van der Waals surface area contributed by atoms with Gasteiger partial charge in [-0.1, -0.05) is 23.4 Å². The fourth-order valence-electron chi connectivity index (χ4n) is 2.29. The highest BCUT2D eigenvalue weighted by Gasteiger charge is 2.07. The Bertz CT molecular complexity index is 802. The van der Waals surface area contributed by atoms with Gasteiger partial charge in [0.15, 0.2) is 0 Å². The molecule has 3 rings (SSSR count). The molecule has 0 unspecified atom stereocenters. The Hall–Kier alpha value is -3.13. The first-order chi connectivity index (χ1) is 10.8. The SMILES string of the molecule is C[C@@H](Nc1cccc(C#N)c1)c1cccc(-n2ccnn2)c1. The largest absolute Gasteiger partial charge is 0.378 e. The van der Waals surface area contributed by atoms with Gasteiger partial charge in [-0.25, -0.2) is 4.68 Å². The van der Waals surface area contributed by atoms with Crippen molar-refractivity contribution in [2.75, 3.05) is 5.32 Å². The normalized spacial score (nSPS) is 11.6. The summed E-state index contributed by atoms with van der Waals surface area (Å²) in [5.74, 6) is 0. The average molecular weight is 289 g/mol. The molecule has 1 heterocycles. The van der Waals surface area contributed by atoms with E-state index in [-0.39, 0.29) is 6.04 Å². The summed E-state index contributed by atoms with van der Waals surface area (Å²) in [5.41, 5.74) is 3.68. The molecule has 0 bridgehead atoms. The van der Waals surface area contributed by atoms with Crippen molar-refractivity contribution in [3.8, 4) is 11.8 Å². The molecular formula is C17H15N5. The molecule has 1 aromatic heterocycles. The second kappa shape index (κ2) is 6.10. The van der Waals surface area contributed by atoms with Gasteiger partial charge in [-0.2, -0.15) is 5.26 Å². The molecule has 1 atom stereocenters. The standard InChI is InChI=1S/C17H15N5/c1-13(20-16-6-2-4-14(10-16)12-18)15-5-3-7-17(11-15)22-9-8-19-21-22/h2-11,13,20H,1H3/t13-/m1/s1. The van der Waals surface area contributed by atoms with Gasteiger partial charge in [0, 0.05) is 11.7 Å². The molecule has 0 saturated heterocycles. The third kappa shape index (κ3) is 2.96. The highest BCUT2D eigenvalue weighted by atomic mass is 15.4. The highest BCUT2D eigenvalue weighted by molar-refractivity contribution is 5.51. The Balaban J connectivity index is 1.82. The minimum atomic E-state index is 0.109. The molecule has 1 N–H and O–H groups in total. The van der Waals surface area contributed by atoms with Crippen LogP contribution in [0.2, 0.25) is 0 Å². The zero-order valence-electron chi connectivity index (χ0n) is 12.1. The molecule has 0 saturated carbocycles.